The number of hydrogen-bond acceptors (Lipinski definition) is 3. The predicted octanol–water partition coefficient (Wildman–Crippen LogP) is 2.71. The Labute approximate surface area is 157 Å². The molecule has 1 aromatic rings. The fourth-order valence-electron chi connectivity index (χ4n) is 2.78. The van der Waals surface area contributed by atoms with E-state index in [1.54, 1.807) is 24.3 Å². The van der Waals surface area contributed by atoms with Crippen LogP contribution in [0.3, 0.4) is 0 Å². The van der Waals surface area contributed by atoms with Crippen molar-refractivity contribution >= 4 is 24.2 Å². The first-order chi connectivity index (χ1) is 11.3. The number of benzene rings is 1. The van der Waals surface area contributed by atoms with Crippen molar-refractivity contribution in [2.24, 2.45) is 5.41 Å². The first-order valence-corrected chi connectivity index (χ1v) is 8.64. The molecule has 1 aliphatic heterocycles. The highest BCUT2D eigenvalue weighted by Crippen LogP contribution is 2.15. The van der Waals surface area contributed by atoms with E-state index in [2.05, 4.69) is 31.4 Å². The monoisotopic (exact) mass is 367 g/mol. The molecule has 1 saturated heterocycles. The van der Waals surface area contributed by atoms with Crippen LogP contribution < -0.4 is 10.6 Å². The quantitative estimate of drug-likeness (QED) is 0.860. The molecule has 5 nitrogen and oxygen atoms in total. The van der Waals surface area contributed by atoms with E-state index in [1.807, 2.05) is 11.9 Å². The molecule has 1 aromatic carbocycles. The molecule has 0 saturated carbocycles. The van der Waals surface area contributed by atoms with Crippen LogP contribution in [0.15, 0.2) is 24.3 Å². The van der Waals surface area contributed by atoms with Gasteiger partial charge in [0.1, 0.15) is 0 Å². The predicted molar refractivity (Wildman–Crippen MR) is 103 cm³/mol. The fraction of sp³-hybridized carbons (Fsp3) is 0.579. The van der Waals surface area contributed by atoms with Gasteiger partial charge in [-0.2, -0.15) is 0 Å². The summed E-state index contributed by atoms with van der Waals surface area (Å²) in [6, 6.07) is 7.22. The van der Waals surface area contributed by atoms with Crippen LogP contribution in [-0.2, 0) is 0 Å². The van der Waals surface area contributed by atoms with Gasteiger partial charge in [0.05, 0.1) is 0 Å². The van der Waals surface area contributed by atoms with Crippen molar-refractivity contribution in [2.75, 3.05) is 26.7 Å². The number of halogens is 1. The van der Waals surface area contributed by atoms with Crippen molar-refractivity contribution in [3.8, 4) is 0 Å². The van der Waals surface area contributed by atoms with Gasteiger partial charge in [0, 0.05) is 30.8 Å². The van der Waals surface area contributed by atoms with E-state index in [1.165, 1.54) is 0 Å². The van der Waals surface area contributed by atoms with E-state index in [0.29, 0.717) is 17.7 Å². The fourth-order valence-corrected chi connectivity index (χ4v) is 2.78. The summed E-state index contributed by atoms with van der Waals surface area (Å²) in [6.07, 6.45) is 1.96. The minimum absolute atomic E-state index is 0. The van der Waals surface area contributed by atoms with Crippen LogP contribution in [0.25, 0.3) is 0 Å². The maximum absolute atomic E-state index is 12.6. The molecule has 1 fully saturated rings. The normalized spacial score (nSPS) is 15.2. The lowest BCUT2D eigenvalue weighted by Gasteiger charge is -2.31. The van der Waals surface area contributed by atoms with Gasteiger partial charge in [-0.15, -0.1) is 12.4 Å². The van der Waals surface area contributed by atoms with E-state index >= 15 is 0 Å². The van der Waals surface area contributed by atoms with Gasteiger partial charge in [-0.25, -0.2) is 0 Å². The maximum Gasteiger partial charge on any atom is 0.253 e. The SMILES string of the molecule is CN(C(=O)c1ccc(C(=O)NCC(C)(C)C)cc1)C1CCNCC1.Cl. The number of piperidine rings is 1. The van der Waals surface area contributed by atoms with Crippen LogP contribution in [0.5, 0.6) is 0 Å². The van der Waals surface area contributed by atoms with Crippen LogP contribution >= 0.6 is 12.4 Å². The summed E-state index contributed by atoms with van der Waals surface area (Å²) >= 11 is 0. The van der Waals surface area contributed by atoms with Crippen molar-refractivity contribution in [1.29, 1.82) is 0 Å². The largest absolute Gasteiger partial charge is 0.352 e. The number of hydrogen-bond donors (Lipinski definition) is 2. The maximum atomic E-state index is 12.6. The Morgan fingerprint density at radius 2 is 1.64 bits per heavy atom. The molecule has 140 valence electrons. The molecule has 2 N–H and O–H groups in total. The molecule has 2 rings (SSSR count). The molecule has 6 heteroatoms. The Morgan fingerprint density at radius 1 is 1.12 bits per heavy atom. The van der Waals surface area contributed by atoms with Crippen molar-refractivity contribution in [2.45, 2.75) is 39.7 Å². The molecule has 0 aromatic heterocycles. The van der Waals surface area contributed by atoms with Crippen molar-refractivity contribution < 1.29 is 9.59 Å². The Balaban J connectivity index is 0.00000312. The first kappa shape index (κ1) is 21.5. The summed E-state index contributed by atoms with van der Waals surface area (Å²) < 4.78 is 0. The minimum atomic E-state index is -0.101. The number of rotatable bonds is 4. The molecule has 0 aliphatic carbocycles. The number of carbonyl (C=O) groups excluding carboxylic acids is 2. The van der Waals surface area contributed by atoms with E-state index in [9.17, 15) is 9.59 Å². The second-order valence-electron chi connectivity index (χ2n) is 7.72. The highest BCUT2D eigenvalue weighted by Gasteiger charge is 2.23. The Hall–Kier alpha value is -1.59. The number of amides is 2. The highest BCUT2D eigenvalue weighted by atomic mass is 35.5. The molecule has 0 atom stereocenters. The smallest absolute Gasteiger partial charge is 0.253 e. The van der Waals surface area contributed by atoms with Crippen LogP contribution in [0.2, 0.25) is 0 Å². The summed E-state index contributed by atoms with van der Waals surface area (Å²) in [7, 11) is 1.86. The third kappa shape index (κ3) is 6.33. The second kappa shape index (κ2) is 9.20. The van der Waals surface area contributed by atoms with Crippen LogP contribution in [0.4, 0.5) is 0 Å². The van der Waals surface area contributed by atoms with Gasteiger partial charge in [0.2, 0.25) is 0 Å². The zero-order valence-corrected chi connectivity index (χ0v) is 16.4. The lowest BCUT2D eigenvalue weighted by Crippen LogP contribution is -2.43. The van der Waals surface area contributed by atoms with Gasteiger partial charge in [0.25, 0.3) is 11.8 Å². The van der Waals surface area contributed by atoms with Crippen molar-refractivity contribution in [3.05, 3.63) is 35.4 Å². The molecule has 25 heavy (non-hydrogen) atoms. The minimum Gasteiger partial charge on any atom is -0.352 e. The van der Waals surface area contributed by atoms with Crippen LogP contribution in [0.1, 0.15) is 54.3 Å². The van der Waals surface area contributed by atoms with Gasteiger partial charge < -0.3 is 15.5 Å². The summed E-state index contributed by atoms with van der Waals surface area (Å²) in [5, 5.41) is 6.23. The van der Waals surface area contributed by atoms with Crippen molar-refractivity contribution in [3.63, 3.8) is 0 Å². The Morgan fingerprint density at radius 3 is 2.16 bits per heavy atom. The number of nitrogens with zero attached hydrogens (tertiary/aromatic N) is 1. The zero-order chi connectivity index (χ0) is 17.7. The van der Waals surface area contributed by atoms with Crippen LogP contribution in [-0.4, -0.2) is 49.4 Å². The molecule has 0 spiro atoms. The van der Waals surface area contributed by atoms with E-state index in [-0.39, 0.29) is 35.7 Å². The Kier molecular flexibility index (Phi) is 7.90. The Bertz CT molecular complexity index is 575. The average molecular weight is 368 g/mol. The third-order valence-electron chi connectivity index (χ3n) is 4.35. The topological polar surface area (TPSA) is 61.4 Å². The lowest BCUT2D eigenvalue weighted by molar-refractivity contribution is 0.0702. The highest BCUT2D eigenvalue weighted by molar-refractivity contribution is 5.97. The number of nitrogens with one attached hydrogen (secondary N) is 2. The van der Waals surface area contributed by atoms with Crippen LogP contribution in [0, 0.1) is 5.41 Å². The van der Waals surface area contributed by atoms with Gasteiger partial charge in [-0.05, 0) is 55.6 Å². The summed E-state index contributed by atoms with van der Waals surface area (Å²) in [4.78, 5) is 26.6. The van der Waals surface area contributed by atoms with E-state index < -0.39 is 0 Å². The summed E-state index contributed by atoms with van der Waals surface area (Å²) in [5.41, 5.74) is 1.26. The molecule has 1 heterocycles. The molecular weight excluding hydrogens is 338 g/mol. The standard InChI is InChI=1S/C19H29N3O2.ClH/c1-19(2,3)13-21-17(23)14-5-7-15(8-6-14)18(24)22(4)16-9-11-20-12-10-16;/h5-8,16,20H,9-13H2,1-4H3,(H,21,23);1H. The average Bonchev–Trinajstić information content (AvgIpc) is 2.58. The summed E-state index contributed by atoms with van der Waals surface area (Å²) in [5.74, 6) is -0.0841. The van der Waals surface area contributed by atoms with Crippen molar-refractivity contribution in [1.82, 2.24) is 15.5 Å². The number of carbonyl (C=O) groups is 2. The first-order valence-electron chi connectivity index (χ1n) is 8.64. The van der Waals surface area contributed by atoms with E-state index in [4.69, 9.17) is 0 Å². The zero-order valence-electron chi connectivity index (χ0n) is 15.6. The molecule has 1 aliphatic rings. The summed E-state index contributed by atoms with van der Waals surface area (Å²) in [6.45, 7) is 8.75. The van der Waals surface area contributed by atoms with Gasteiger partial charge >= 0.3 is 0 Å². The molecule has 0 unspecified atom stereocenters. The lowest BCUT2D eigenvalue weighted by atomic mass is 9.97. The van der Waals surface area contributed by atoms with Gasteiger partial charge in [-0.3, -0.25) is 9.59 Å². The molecule has 2 amide bonds. The molecule has 0 bridgehead atoms. The van der Waals surface area contributed by atoms with Gasteiger partial charge in [-0.1, -0.05) is 20.8 Å². The molecule has 0 radical (unpaired) electrons. The third-order valence-corrected chi connectivity index (χ3v) is 4.35. The van der Waals surface area contributed by atoms with Gasteiger partial charge in [0.15, 0.2) is 0 Å². The molecular formula is C19H30ClN3O2. The second-order valence-corrected chi connectivity index (χ2v) is 7.72. The van der Waals surface area contributed by atoms with E-state index in [0.717, 1.165) is 25.9 Å².